The van der Waals surface area contributed by atoms with E-state index in [-0.39, 0.29) is 0 Å². The summed E-state index contributed by atoms with van der Waals surface area (Å²) < 4.78 is 1.29. The van der Waals surface area contributed by atoms with E-state index in [2.05, 4.69) is 40.6 Å². The molecule has 0 radical (unpaired) electrons. The van der Waals surface area contributed by atoms with Crippen LogP contribution in [0.25, 0.3) is 0 Å². The normalized spacial score (nSPS) is 9.67. The van der Waals surface area contributed by atoms with E-state index >= 15 is 0 Å². The second-order valence-electron chi connectivity index (χ2n) is 2.07. The Morgan fingerprint density at radius 1 is 1.44 bits per heavy atom. The fraction of sp³-hybridized carbons (Fsp3) is 0.286. The predicted molar refractivity (Wildman–Crippen MR) is 46.4 cm³/mol. The van der Waals surface area contributed by atoms with E-state index in [1.165, 1.54) is 9.13 Å². The third-order valence-electron chi connectivity index (χ3n) is 1.17. The van der Waals surface area contributed by atoms with Gasteiger partial charge in [0.2, 0.25) is 0 Å². The number of rotatable bonds is 0. The molecule has 0 aliphatic carbocycles. The molecular weight excluding hydrogens is 225 g/mol. The van der Waals surface area contributed by atoms with Crippen LogP contribution in [0, 0.1) is 17.4 Å². The molecule has 0 bridgehead atoms. The van der Waals surface area contributed by atoms with Gasteiger partial charge in [-0.2, -0.15) is 0 Å². The van der Waals surface area contributed by atoms with Gasteiger partial charge in [0, 0.05) is 15.5 Å². The van der Waals surface area contributed by atoms with Crippen molar-refractivity contribution in [1.82, 2.24) is 4.98 Å². The van der Waals surface area contributed by atoms with Crippen molar-refractivity contribution < 1.29 is 0 Å². The van der Waals surface area contributed by atoms with E-state index in [1.807, 2.05) is 13.1 Å². The molecule has 0 aromatic carbocycles. The van der Waals surface area contributed by atoms with E-state index in [4.69, 9.17) is 0 Å². The Hall–Kier alpha value is -0.120. The van der Waals surface area contributed by atoms with Crippen molar-refractivity contribution in [3.63, 3.8) is 0 Å². The van der Waals surface area contributed by atoms with Gasteiger partial charge in [0.1, 0.15) is 0 Å². The molecule has 2 heteroatoms. The monoisotopic (exact) mass is 233 g/mol. The van der Waals surface area contributed by atoms with Crippen molar-refractivity contribution in [2.75, 3.05) is 0 Å². The lowest BCUT2D eigenvalue weighted by atomic mass is 10.3. The quantitative estimate of drug-likeness (QED) is 0.626. The first-order valence-corrected chi connectivity index (χ1v) is 3.87. The largest absolute Gasteiger partial charge is 0.261 e. The maximum absolute atomic E-state index is 4.13. The molecule has 0 amide bonds. The molecule has 1 nitrogen and oxygen atoms in total. The van der Waals surface area contributed by atoms with Crippen LogP contribution in [0.2, 0.25) is 0 Å². The summed E-state index contributed by atoms with van der Waals surface area (Å²) in [6.07, 6.45) is 1.90. The summed E-state index contributed by atoms with van der Waals surface area (Å²) >= 11 is 2.31. The minimum absolute atomic E-state index is 1.09. The third-order valence-corrected chi connectivity index (χ3v) is 2.34. The maximum atomic E-state index is 4.13. The van der Waals surface area contributed by atoms with E-state index < -0.39 is 0 Å². The highest BCUT2D eigenvalue weighted by atomic mass is 127. The predicted octanol–water partition coefficient (Wildman–Crippen LogP) is 2.30. The van der Waals surface area contributed by atoms with Gasteiger partial charge in [-0.05, 0) is 48.1 Å². The molecule has 1 aromatic heterocycles. The molecule has 0 aliphatic rings. The third kappa shape index (κ3) is 1.64. The molecule has 9 heavy (non-hydrogen) atoms. The number of hydrogen-bond donors (Lipinski definition) is 0. The number of aromatic nitrogens is 1. The Kier molecular flexibility index (Phi) is 2.05. The summed E-state index contributed by atoms with van der Waals surface area (Å²) in [4.78, 5) is 4.13. The molecule has 0 saturated heterocycles. The second-order valence-corrected chi connectivity index (χ2v) is 3.24. The minimum Gasteiger partial charge on any atom is -0.261 e. The summed E-state index contributed by atoms with van der Waals surface area (Å²) in [5.74, 6) is 0. The molecule has 1 rings (SSSR count). The van der Waals surface area contributed by atoms with E-state index in [0.717, 1.165) is 5.69 Å². The van der Waals surface area contributed by atoms with Crippen molar-refractivity contribution in [3.8, 4) is 0 Å². The topological polar surface area (TPSA) is 12.9 Å². The molecule has 48 valence electrons. The van der Waals surface area contributed by atoms with Gasteiger partial charge in [-0.1, -0.05) is 0 Å². The number of pyridine rings is 1. The minimum atomic E-state index is 1.09. The summed E-state index contributed by atoms with van der Waals surface area (Å²) in [5, 5.41) is 0. The first-order valence-electron chi connectivity index (χ1n) is 2.79. The molecule has 0 atom stereocenters. The van der Waals surface area contributed by atoms with Crippen molar-refractivity contribution in [1.29, 1.82) is 0 Å². The molecule has 0 N–H and O–H groups in total. The van der Waals surface area contributed by atoms with Crippen LogP contribution < -0.4 is 0 Å². The van der Waals surface area contributed by atoms with E-state index in [1.54, 1.807) is 0 Å². The number of hydrogen-bond acceptors (Lipinski definition) is 1. The van der Waals surface area contributed by atoms with Gasteiger partial charge in [-0.25, -0.2) is 0 Å². The van der Waals surface area contributed by atoms with E-state index in [0.29, 0.717) is 0 Å². The standard InChI is InChI=1S/C7H8IN/c1-5-4-9-6(2)3-7(5)8/h3-4H,1-2H3. The highest BCUT2D eigenvalue weighted by Gasteiger charge is 1.92. The molecule has 0 fully saturated rings. The second kappa shape index (κ2) is 2.64. The Labute approximate surface area is 68.6 Å². The molecule has 0 unspecified atom stereocenters. The van der Waals surface area contributed by atoms with Crippen molar-refractivity contribution in [2.24, 2.45) is 0 Å². The lowest BCUT2D eigenvalue weighted by Gasteiger charge is -1.95. The van der Waals surface area contributed by atoms with E-state index in [9.17, 15) is 0 Å². The zero-order valence-electron chi connectivity index (χ0n) is 5.48. The summed E-state index contributed by atoms with van der Waals surface area (Å²) in [5.41, 5.74) is 2.34. The van der Waals surface area contributed by atoms with Crippen LogP contribution in [0.15, 0.2) is 12.3 Å². The van der Waals surface area contributed by atoms with Crippen LogP contribution >= 0.6 is 22.6 Å². The average molecular weight is 233 g/mol. The zero-order valence-corrected chi connectivity index (χ0v) is 7.64. The molecule has 0 saturated carbocycles. The van der Waals surface area contributed by atoms with Gasteiger partial charge in [0.25, 0.3) is 0 Å². The fourth-order valence-corrected chi connectivity index (χ4v) is 1.18. The smallest absolute Gasteiger partial charge is 0.0383 e. The SMILES string of the molecule is Cc1cc(I)c(C)cn1. The van der Waals surface area contributed by atoms with Crippen LogP contribution in [0.3, 0.4) is 0 Å². The van der Waals surface area contributed by atoms with Crippen molar-refractivity contribution in [3.05, 3.63) is 27.1 Å². The Bertz CT molecular complexity index is 220. The van der Waals surface area contributed by atoms with Crippen LogP contribution in [-0.4, -0.2) is 4.98 Å². The van der Waals surface area contributed by atoms with Crippen LogP contribution in [-0.2, 0) is 0 Å². The van der Waals surface area contributed by atoms with Gasteiger partial charge in [0.05, 0.1) is 0 Å². The van der Waals surface area contributed by atoms with Crippen LogP contribution in [0.5, 0.6) is 0 Å². The maximum Gasteiger partial charge on any atom is 0.0383 e. The van der Waals surface area contributed by atoms with Crippen molar-refractivity contribution >= 4 is 22.6 Å². The molecule has 0 aliphatic heterocycles. The molecule has 1 aromatic rings. The summed E-state index contributed by atoms with van der Waals surface area (Å²) in [7, 11) is 0. The molecule has 0 spiro atoms. The lowest BCUT2D eigenvalue weighted by molar-refractivity contribution is 1.16. The van der Waals surface area contributed by atoms with Crippen LogP contribution in [0.4, 0.5) is 0 Å². The van der Waals surface area contributed by atoms with Gasteiger partial charge in [-0.15, -0.1) is 0 Å². The highest BCUT2D eigenvalue weighted by Crippen LogP contribution is 2.09. The zero-order chi connectivity index (χ0) is 6.85. The first kappa shape index (κ1) is 6.99. The molecule has 1 heterocycles. The van der Waals surface area contributed by atoms with Crippen LogP contribution in [0.1, 0.15) is 11.3 Å². The van der Waals surface area contributed by atoms with Crippen molar-refractivity contribution in [2.45, 2.75) is 13.8 Å². The number of aryl methyl sites for hydroxylation is 2. The van der Waals surface area contributed by atoms with Gasteiger partial charge in [0.15, 0.2) is 0 Å². The summed E-state index contributed by atoms with van der Waals surface area (Å²) in [6, 6.07) is 2.08. The Morgan fingerprint density at radius 2 is 2.11 bits per heavy atom. The lowest BCUT2D eigenvalue weighted by Crippen LogP contribution is -1.84. The Morgan fingerprint density at radius 3 is 2.56 bits per heavy atom. The summed E-state index contributed by atoms with van der Waals surface area (Å²) in [6.45, 7) is 4.07. The first-order chi connectivity index (χ1) is 4.20. The highest BCUT2D eigenvalue weighted by molar-refractivity contribution is 14.1. The number of halogens is 1. The fourth-order valence-electron chi connectivity index (χ4n) is 0.595. The molecular formula is C7H8IN. The average Bonchev–Trinajstić information content (AvgIpc) is 1.80. The Balaban J connectivity index is 3.17. The van der Waals surface area contributed by atoms with Gasteiger partial charge in [-0.3, -0.25) is 4.98 Å². The van der Waals surface area contributed by atoms with Gasteiger partial charge >= 0.3 is 0 Å². The van der Waals surface area contributed by atoms with Gasteiger partial charge < -0.3 is 0 Å². The number of nitrogens with zero attached hydrogens (tertiary/aromatic N) is 1.